The molecule has 2 rings (SSSR count). The van der Waals surface area contributed by atoms with E-state index in [0.29, 0.717) is 12.0 Å². The molecule has 1 heterocycles. The van der Waals surface area contributed by atoms with E-state index in [1.165, 1.54) is 0 Å². The van der Waals surface area contributed by atoms with Gasteiger partial charge in [0.15, 0.2) is 11.4 Å². The van der Waals surface area contributed by atoms with Crippen molar-refractivity contribution in [2.45, 2.75) is 6.92 Å². The van der Waals surface area contributed by atoms with Gasteiger partial charge >= 0.3 is 5.97 Å². The number of rotatable bonds is 2. The monoisotopic (exact) mass is 219 g/mol. The lowest BCUT2D eigenvalue weighted by Crippen LogP contribution is -2.09. The van der Waals surface area contributed by atoms with Gasteiger partial charge in [0.05, 0.1) is 12.1 Å². The predicted molar refractivity (Wildman–Crippen MR) is 60.5 cm³/mol. The van der Waals surface area contributed by atoms with Crippen LogP contribution in [0.1, 0.15) is 17.4 Å². The molecule has 0 saturated carbocycles. The van der Waals surface area contributed by atoms with E-state index < -0.39 is 5.97 Å². The van der Waals surface area contributed by atoms with Crippen LogP contribution in [0.5, 0.6) is 5.75 Å². The Morgan fingerprint density at radius 1 is 1.44 bits per heavy atom. The van der Waals surface area contributed by atoms with E-state index in [1.54, 1.807) is 24.6 Å². The van der Waals surface area contributed by atoms with Gasteiger partial charge in [-0.1, -0.05) is 12.1 Å². The highest BCUT2D eigenvalue weighted by molar-refractivity contribution is 6.01. The third kappa shape index (κ3) is 1.43. The lowest BCUT2D eigenvalue weighted by atomic mass is 10.2. The predicted octanol–water partition coefficient (Wildman–Crippen LogP) is 2.06. The summed E-state index contributed by atoms with van der Waals surface area (Å²) in [5, 5.41) is 10.6. The maximum absolute atomic E-state index is 11.7. The second-order valence-corrected chi connectivity index (χ2v) is 3.49. The van der Waals surface area contributed by atoms with Crippen LogP contribution in [0.2, 0.25) is 0 Å². The van der Waals surface area contributed by atoms with Crippen molar-refractivity contribution in [1.82, 2.24) is 4.57 Å². The van der Waals surface area contributed by atoms with Crippen LogP contribution in [0.4, 0.5) is 0 Å². The van der Waals surface area contributed by atoms with E-state index in [0.717, 1.165) is 5.52 Å². The van der Waals surface area contributed by atoms with E-state index in [1.807, 2.05) is 18.2 Å². The lowest BCUT2D eigenvalue weighted by molar-refractivity contribution is 0.0512. The number of esters is 1. The maximum Gasteiger partial charge on any atom is 0.358 e. The van der Waals surface area contributed by atoms with Gasteiger partial charge in [-0.2, -0.15) is 0 Å². The summed E-state index contributed by atoms with van der Waals surface area (Å²) in [6.07, 6.45) is 0. The van der Waals surface area contributed by atoms with Crippen LogP contribution in [0, 0.1) is 0 Å². The van der Waals surface area contributed by atoms with Crippen molar-refractivity contribution in [3.8, 4) is 5.75 Å². The normalized spacial score (nSPS) is 10.6. The summed E-state index contributed by atoms with van der Waals surface area (Å²) in [6, 6.07) is 7.29. The Bertz CT molecular complexity index is 503. The van der Waals surface area contributed by atoms with E-state index in [9.17, 15) is 9.90 Å². The zero-order valence-corrected chi connectivity index (χ0v) is 9.23. The van der Waals surface area contributed by atoms with Crippen molar-refractivity contribution in [3.63, 3.8) is 0 Å². The highest BCUT2D eigenvalue weighted by Gasteiger charge is 2.21. The number of fused-ring (bicyclic) bond motifs is 1. The molecule has 1 aromatic heterocycles. The molecular formula is C12H13NO3. The molecule has 0 aliphatic rings. The molecule has 16 heavy (non-hydrogen) atoms. The standard InChI is InChI=1S/C12H13NO3/c1-3-16-12(15)10-11(14)8-6-4-5-7-9(8)13(10)2/h4-7,14H,3H2,1-2H3. The summed E-state index contributed by atoms with van der Waals surface area (Å²) >= 11 is 0. The molecule has 0 aliphatic carbocycles. The quantitative estimate of drug-likeness (QED) is 0.786. The smallest absolute Gasteiger partial charge is 0.358 e. The number of benzene rings is 1. The Labute approximate surface area is 93.1 Å². The van der Waals surface area contributed by atoms with Crippen molar-refractivity contribution in [1.29, 1.82) is 0 Å². The first kappa shape index (κ1) is 10.5. The molecule has 0 spiro atoms. The average molecular weight is 219 g/mol. The van der Waals surface area contributed by atoms with Crippen molar-refractivity contribution in [2.75, 3.05) is 6.61 Å². The highest BCUT2D eigenvalue weighted by Crippen LogP contribution is 2.31. The summed E-state index contributed by atoms with van der Waals surface area (Å²) in [7, 11) is 1.73. The van der Waals surface area contributed by atoms with Gasteiger partial charge < -0.3 is 14.4 Å². The van der Waals surface area contributed by atoms with Crippen molar-refractivity contribution in [3.05, 3.63) is 30.0 Å². The fourth-order valence-electron chi connectivity index (χ4n) is 1.81. The Morgan fingerprint density at radius 2 is 2.12 bits per heavy atom. The zero-order chi connectivity index (χ0) is 11.7. The number of para-hydroxylation sites is 1. The Hall–Kier alpha value is -1.97. The van der Waals surface area contributed by atoms with Gasteiger partial charge in [0.25, 0.3) is 0 Å². The van der Waals surface area contributed by atoms with Crippen LogP contribution in [0.3, 0.4) is 0 Å². The first-order chi connectivity index (χ1) is 7.66. The van der Waals surface area contributed by atoms with Crippen molar-refractivity contribution >= 4 is 16.9 Å². The number of ether oxygens (including phenoxy) is 1. The summed E-state index contributed by atoms with van der Waals surface area (Å²) in [5.41, 5.74) is 1.01. The first-order valence-electron chi connectivity index (χ1n) is 5.10. The number of aromatic nitrogens is 1. The van der Waals surface area contributed by atoms with Crippen LogP contribution >= 0.6 is 0 Å². The number of carbonyl (C=O) groups excluding carboxylic acids is 1. The zero-order valence-electron chi connectivity index (χ0n) is 9.23. The molecule has 0 atom stereocenters. The minimum Gasteiger partial charge on any atom is -0.505 e. The van der Waals surface area contributed by atoms with Crippen molar-refractivity contribution in [2.24, 2.45) is 7.05 Å². The molecule has 0 radical (unpaired) electrons. The molecule has 1 aromatic carbocycles. The molecule has 0 aliphatic heterocycles. The minimum absolute atomic E-state index is 0.0171. The molecule has 0 bridgehead atoms. The van der Waals surface area contributed by atoms with E-state index in [2.05, 4.69) is 0 Å². The number of carbonyl (C=O) groups is 1. The Morgan fingerprint density at radius 3 is 2.75 bits per heavy atom. The molecule has 84 valence electrons. The highest BCUT2D eigenvalue weighted by atomic mass is 16.5. The molecule has 4 nitrogen and oxygen atoms in total. The molecular weight excluding hydrogens is 206 g/mol. The van der Waals surface area contributed by atoms with Crippen LogP contribution in [-0.4, -0.2) is 22.2 Å². The second-order valence-electron chi connectivity index (χ2n) is 3.49. The van der Waals surface area contributed by atoms with Gasteiger partial charge in [-0.05, 0) is 19.1 Å². The Kier molecular flexibility index (Phi) is 2.56. The van der Waals surface area contributed by atoms with Crippen LogP contribution in [0.25, 0.3) is 10.9 Å². The number of nitrogens with zero attached hydrogens (tertiary/aromatic N) is 1. The molecule has 4 heteroatoms. The number of hydrogen-bond acceptors (Lipinski definition) is 3. The van der Waals surface area contributed by atoms with Gasteiger partial charge in [-0.15, -0.1) is 0 Å². The third-order valence-electron chi connectivity index (χ3n) is 2.55. The van der Waals surface area contributed by atoms with Crippen molar-refractivity contribution < 1.29 is 14.6 Å². The van der Waals surface area contributed by atoms with Gasteiger partial charge in [-0.3, -0.25) is 0 Å². The molecule has 0 saturated heterocycles. The van der Waals surface area contributed by atoms with Crippen LogP contribution < -0.4 is 0 Å². The number of hydrogen-bond donors (Lipinski definition) is 1. The van der Waals surface area contributed by atoms with Crippen LogP contribution in [-0.2, 0) is 11.8 Å². The van der Waals surface area contributed by atoms with E-state index in [4.69, 9.17) is 4.74 Å². The molecule has 0 unspecified atom stereocenters. The van der Waals surface area contributed by atoms with E-state index >= 15 is 0 Å². The average Bonchev–Trinajstić information content (AvgIpc) is 2.53. The molecule has 2 aromatic rings. The second kappa shape index (κ2) is 3.89. The Balaban J connectivity index is 2.66. The molecule has 0 amide bonds. The fraction of sp³-hybridized carbons (Fsp3) is 0.250. The molecule has 0 fully saturated rings. The van der Waals surface area contributed by atoms with Gasteiger partial charge in [-0.25, -0.2) is 4.79 Å². The third-order valence-corrected chi connectivity index (χ3v) is 2.55. The number of aromatic hydroxyl groups is 1. The topological polar surface area (TPSA) is 51.5 Å². The lowest BCUT2D eigenvalue weighted by Gasteiger charge is -2.03. The minimum atomic E-state index is -0.501. The van der Waals surface area contributed by atoms with Gasteiger partial charge in [0, 0.05) is 12.4 Å². The largest absolute Gasteiger partial charge is 0.505 e. The SMILES string of the molecule is CCOC(=O)c1c(O)c2ccccc2n1C. The van der Waals surface area contributed by atoms with Crippen LogP contribution in [0.15, 0.2) is 24.3 Å². The summed E-state index contributed by atoms with van der Waals surface area (Å²) in [4.78, 5) is 11.7. The maximum atomic E-state index is 11.7. The van der Waals surface area contributed by atoms with E-state index in [-0.39, 0.29) is 11.4 Å². The summed E-state index contributed by atoms with van der Waals surface area (Å²) in [5.74, 6) is -0.518. The number of aryl methyl sites for hydroxylation is 1. The first-order valence-corrected chi connectivity index (χ1v) is 5.10. The molecule has 1 N–H and O–H groups in total. The summed E-state index contributed by atoms with van der Waals surface area (Å²) in [6.45, 7) is 2.03. The van der Waals surface area contributed by atoms with Gasteiger partial charge in [0.1, 0.15) is 0 Å². The van der Waals surface area contributed by atoms with Gasteiger partial charge in [0.2, 0.25) is 0 Å². The summed E-state index contributed by atoms with van der Waals surface area (Å²) < 4.78 is 6.54. The fourth-order valence-corrected chi connectivity index (χ4v) is 1.81.